The lowest BCUT2D eigenvalue weighted by Gasteiger charge is -2.43. The van der Waals surface area contributed by atoms with E-state index in [0.717, 1.165) is 49.0 Å². The van der Waals surface area contributed by atoms with E-state index in [2.05, 4.69) is 71.7 Å². The van der Waals surface area contributed by atoms with Crippen molar-refractivity contribution in [3.8, 4) is 0 Å². The second-order valence-corrected chi connectivity index (χ2v) is 9.03. The van der Waals surface area contributed by atoms with E-state index in [1.54, 1.807) is 0 Å². The molecule has 3 aromatic rings. The number of piperazine rings is 1. The Balaban J connectivity index is 1.67. The highest BCUT2D eigenvalue weighted by Crippen LogP contribution is 2.32. The van der Waals surface area contributed by atoms with Crippen molar-refractivity contribution < 1.29 is 0 Å². The maximum absolute atomic E-state index is 6.25. The van der Waals surface area contributed by atoms with E-state index in [9.17, 15) is 0 Å². The SMILES string of the molecule is CCCCc1cc2c(N)nc3ccc(N4CCN(C(C)(C)C)CC4)cc3c2[nH]1. The Labute approximate surface area is 167 Å². The largest absolute Gasteiger partial charge is 0.383 e. The van der Waals surface area contributed by atoms with Gasteiger partial charge in [-0.1, -0.05) is 13.3 Å². The highest BCUT2D eigenvalue weighted by Gasteiger charge is 2.26. The summed E-state index contributed by atoms with van der Waals surface area (Å²) in [7, 11) is 0. The summed E-state index contributed by atoms with van der Waals surface area (Å²) in [5.74, 6) is 0.619. The topological polar surface area (TPSA) is 61.2 Å². The molecule has 5 nitrogen and oxygen atoms in total. The molecule has 5 heteroatoms. The molecule has 3 heterocycles. The van der Waals surface area contributed by atoms with Crippen molar-refractivity contribution in [1.82, 2.24) is 14.9 Å². The molecule has 0 aliphatic carbocycles. The molecule has 1 fully saturated rings. The number of hydrogen-bond acceptors (Lipinski definition) is 4. The number of nitrogens with one attached hydrogen (secondary N) is 1. The van der Waals surface area contributed by atoms with Crippen LogP contribution in [0.2, 0.25) is 0 Å². The van der Waals surface area contributed by atoms with Crippen LogP contribution >= 0.6 is 0 Å². The summed E-state index contributed by atoms with van der Waals surface area (Å²) in [6, 6.07) is 8.77. The van der Waals surface area contributed by atoms with Crippen molar-refractivity contribution in [2.45, 2.75) is 52.5 Å². The summed E-state index contributed by atoms with van der Waals surface area (Å²) in [5, 5.41) is 2.22. The van der Waals surface area contributed by atoms with Crippen LogP contribution in [0.15, 0.2) is 24.3 Å². The van der Waals surface area contributed by atoms with Gasteiger partial charge in [0.25, 0.3) is 0 Å². The monoisotopic (exact) mass is 379 g/mol. The van der Waals surface area contributed by atoms with Gasteiger partial charge in [0.15, 0.2) is 0 Å². The molecule has 1 aromatic carbocycles. The van der Waals surface area contributed by atoms with Crippen LogP contribution in [-0.4, -0.2) is 46.6 Å². The second kappa shape index (κ2) is 7.28. The van der Waals surface area contributed by atoms with Crippen molar-refractivity contribution in [3.63, 3.8) is 0 Å². The average Bonchev–Trinajstić information content (AvgIpc) is 3.11. The van der Waals surface area contributed by atoms with Gasteiger partial charge in [0, 0.05) is 53.9 Å². The fraction of sp³-hybridized carbons (Fsp3) is 0.522. The number of aryl methyl sites for hydroxylation is 1. The number of unbranched alkanes of at least 4 members (excludes halogenated alkanes) is 1. The predicted octanol–water partition coefficient (Wildman–Crippen LogP) is 4.56. The first kappa shape index (κ1) is 19.1. The van der Waals surface area contributed by atoms with E-state index in [-0.39, 0.29) is 5.54 Å². The van der Waals surface area contributed by atoms with E-state index in [0.29, 0.717) is 5.82 Å². The van der Waals surface area contributed by atoms with Gasteiger partial charge in [-0.2, -0.15) is 0 Å². The highest BCUT2D eigenvalue weighted by atomic mass is 15.3. The molecule has 0 radical (unpaired) electrons. The molecular formula is C23H33N5. The van der Waals surface area contributed by atoms with Crippen LogP contribution in [0.1, 0.15) is 46.2 Å². The lowest BCUT2D eigenvalue weighted by molar-refractivity contribution is 0.128. The molecule has 0 saturated carbocycles. The standard InChI is InChI=1S/C23H33N5/c1-5-6-7-16-14-19-21(25-16)18-15-17(8-9-20(18)26-22(19)24)27-10-12-28(13-11-27)23(2,3)4/h8-9,14-15,25H,5-7,10-13H2,1-4H3,(H2,24,26). The van der Waals surface area contributed by atoms with E-state index in [1.807, 2.05) is 0 Å². The molecule has 0 amide bonds. The molecule has 1 aliphatic rings. The molecule has 2 aromatic heterocycles. The van der Waals surface area contributed by atoms with Crippen LogP contribution in [0.3, 0.4) is 0 Å². The minimum Gasteiger partial charge on any atom is -0.383 e. The van der Waals surface area contributed by atoms with Crippen LogP contribution < -0.4 is 10.6 Å². The van der Waals surface area contributed by atoms with Crippen molar-refractivity contribution in [2.75, 3.05) is 36.8 Å². The van der Waals surface area contributed by atoms with Crippen molar-refractivity contribution in [3.05, 3.63) is 30.0 Å². The van der Waals surface area contributed by atoms with Crippen LogP contribution in [0, 0.1) is 0 Å². The first-order valence-electron chi connectivity index (χ1n) is 10.6. The van der Waals surface area contributed by atoms with Gasteiger partial charge in [-0.05, 0) is 57.9 Å². The zero-order chi connectivity index (χ0) is 19.9. The Bertz CT molecular complexity index is 974. The Kier molecular flexibility index (Phi) is 4.96. The molecule has 1 aliphatic heterocycles. The first-order chi connectivity index (χ1) is 13.4. The van der Waals surface area contributed by atoms with Gasteiger partial charge in [0.1, 0.15) is 5.82 Å². The number of nitrogens with zero attached hydrogens (tertiary/aromatic N) is 3. The Hall–Kier alpha value is -2.27. The molecule has 0 bridgehead atoms. The van der Waals surface area contributed by atoms with Gasteiger partial charge >= 0.3 is 0 Å². The minimum atomic E-state index is 0.238. The lowest BCUT2D eigenvalue weighted by Crippen LogP contribution is -2.53. The second-order valence-electron chi connectivity index (χ2n) is 9.03. The van der Waals surface area contributed by atoms with E-state index in [4.69, 9.17) is 5.73 Å². The summed E-state index contributed by atoms with van der Waals surface area (Å²) in [4.78, 5) is 13.3. The molecule has 1 saturated heterocycles. The van der Waals surface area contributed by atoms with Gasteiger partial charge in [-0.3, -0.25) is 4.90 Å². The van der Waals surface area contributed by atoms with Crippen LogP contribution in [-0.2, 0) is 6.42 Å². The third kappa shape index (κ3) is 3.55. The smallest absolute Gasteiger partial charge is 0.133 e. The van der Waals surface area contributed by atoms with Gasteiger partial charge < -0.3 is 15.6 Å². The Morgan fingerprint density at radius 1 is 1.07 bits per heavy atom. The molecule has 4 rings (SSSR count). The number of rotatable bonds is 4. The van der Waals surface area contributed by atoms with Crippen molar-refractivity contribution >= 4 is 33.3 Å². The summed E-state index contributed by atoms with van der Waals surface area (Å²) in [6.45, 7) is 13.4. The summed E-state index contributed by atoms with van der Waals surface area (Å²) < 4.78 is 0. The molecule has 0 atom stereocenters. The molecular weight excluding hydrogens is 346 g/mol. The normalized spacial score (nSPS) is 16.4. The quantitative estimate of drug-likeness (QED) is 0.697. The fourth-order valence-corrected chi connectivity index (χ4v) is 4.27. The number of anilines is 2. The van der Waals surface area contributed by atoms with Crippen LogP contribution in [0.5, 0.6) is 0 Å². The fourth-order valence-electron chi connectivity index (χ4n) is 4.27. The first-order valence-corrected chi connectivity index (χ1v) is 10.6. The number of aromatic nitrogens is 2. The molecule has 0 spiro atoms. The number of nitrogen functional groups attached to an aromatic ring is 1. The molecule has 3 N–H and O–H groups in total. The zero-order valence-corrected chi connectivity index (χ0v) is 17.7. The number of pyridine rings is 1. The maximum atomic E-state index is 6.25. The van der Waals surface area contributed by atoms with E-state index < -0.39 is 0 Å². The third-order valence-electron chi connectivity index (χ3n) is 6.03. The number of benzene rings is 1. The van der Waals surface area contributed by atoms with Crippen molar-refractivity contribution in [2.24, 2.45) is 0 Å². The van der Waals surface area contributed by atoms with E-state index >= 15 is 0 Å². The van der Waals surface area contributed by atoms with Gasteiger partial charge in [-0.15, -0.1) is 0 Å². The van der Waals surface area contributed by atoms with Gasteiger partial charge in [0.05, 0.1) is 11.0 Å². The molecule has 28 heavy (non-hydrogen) atoms. The van der Waals surface area contributed by atoms with Crippen LogP contribution in [0.25, 0.3) is 21.8 Å². The zero-order valence-electron chi connectivity index (χ0n) is 17.7. The number of fused-ring (bicyclic) bond motifs is 3. The highest BCUT2D eigenvalue weighted by molar-refractivity contribution is 6.09. The van der Waals surface area contributed by atoms with Gasteiger partial charge in [0.2, 0.25) is 0 Å². The Morgan fingerprint density at radius 2 is 1.82 bits per heavy atom. The van der Waals surface area contributed by atoms with Crippen molar-refractivity contribution in [1.29, 1.82) is 0 Å². The average molecular weight is 380 g/mol. The predicted molar refractivity (Wildman–Crippen MR) is 120 cm³/mol. The summed E-state index contributed by atoms with van der Waals surface area (Å²) in [5.41, 5.74) is 11.1. The minimum absolute atomic E-state index is 0.238. The number of hydrogen-bond donors (Lipinski definition) is 2. The lowest BCUT2D eigenvalue weighted by atomic mass is 10.0. The van der Waals surface area contributed by atoms with Crippen LogP contribution in [0.4, 0.5) is 11.5 Å². The maximum Gasteiger partial charge on any atom is 0.133 e. The van der Waals surface area contributed by atoms with E-state index in [1.165, 1.54) is 29.6 Å². The third-order valence-corrected chi connectivity index (χ3v) is 6.03. The number of nitrogens with two attached hydrogens (primary N) is 1. The van der Waals surface area contributed by atoms with Gasteiger partial charge in [-0.25, -0.2) is 4.98 Å². The Morgan fingerprint density at radius 3 is 2.50 bits per heavy atom. The summed E-state index contributed by atoms with van der Waals surface area (Å²) >= 11 is 0. The molecule has 0 unspecified atom stereocenters. The number of aromatic amines is 1. The summed E-state index contributed by atoms with van der Waals surface area (Å²) in [6.07, 6.45) is 3.43. The number of H-pyrrole nitrogens is 1. The molecule has 150 valence electrons.